The van der Waals surface area contributed by atoms with Crippen molar-refractivity contribution in [1.29, 1.82) is 0 Å². The fourth-order valence-corrected chi connectivity index (χ4v) is 1.63. The topological polar surface area (TPSA) is 50.4 Å². The molecule has 0 bridgehead atoms. The van der Waals surface area contributed by atoms with Gasteiger partial charge in [0.25, 0.3) is 0 Å². The van der Waals surface area contributed by atoms with E-state index in [4.69, 9.17) is 4.74 Å². The summed E-state index contributed by atoms with van der Waals surface area (Å²) in [6.07, 6.45) is 2.18. The van der Waals surface area contributed by atoms with Crippen LogP contribution < -0.4 is 15.4 Å². The van der Waals surface area contributed by atoms with Gasteiger partial charge < -0.3 is 15.4 Å². The predicted molar refractivity (Wildman–Crippen MR) is 77.3 cm³/mol. The van der Waals surface area contributed by atoms with Crippen LogP contribution in [-0.4, -0.2) is 32.1 Å². The first-order chi connectivity index (χ1) is 9.72. The molecule has 0 unspecified atom stereocenters. The van der Waals surface area contributed by atoms with Crippen molar-refractivity contribution in [2.24, 2.45) is 0 Å². The van der Waals surface area contributed by atoms with Gasteiger partial charge in [-0.1, -0.05) is 6.92 Å². The predicted octanol–water partition coefficient (Wildman–Crippen LogP) is 2.10. The molecule has 1 aromatic rings. The smallest absolute Gasteiger partial charge is 0.220 e. The molecule has 112 valence electrons. The lowest BCUT2D eigenvalue weighted by Gasteiger charge is -2.07. The molecular weight excluding hydrogens is 259 g/mol. The molecule has 5 heteroatoms. The largest absolute Gasteiger partial charge is 0.494 e. The first-order valence-electron chi connectivity index (χ1n) is 7.08. The Morgan fingerprint density at radius 1 is 1.20 bits per heavy atom. The maximum atomic E-state index is 12.7. The molecule has 0 atom stereocenters. The Labute approximate surface area is 119 Å². The number of carbonyl (C=O) groups excluding carboxylic acids is 1. The van der Waals surface area contributed by atoms with Crippen LogP contribution in [0.25, 0.3) is 0 Å². The van der Waals surface area contributed by atoms with E-state index in [1.54, 1.807) is 12.1 Å². The van der Waals surface area contributed by atoms with Crippen LogP contribution >= 0.6 is 0 Å². The van der Waals surface area contributed by atoms with Crippen LogP contribution in [0.5, 0.6) is 5.75 Å². The Kier molecular flexibility index (Phi) is 8.38. The van der Waals surface area contributed by atoms with Crippen molar-refractivity contribution in [2.45, 2.75) is 26.2 Å². The molecule has 1 aromatic carbocycles. The van der Waals surface area contributed by atoms with E-state index >= 15 is 0 Å². The fraction of sp³-hybridized carbons (Fsp3) is 0.533. The number of carbonyl (C=O) groups is 1. The number of amides is 1. The van der Waals surface area contributed by atoms with Gasteiger partial charge in [-0.2, -0.15) is 0 Å². The van der Waals surface area contributed by atoms with Gasteiger partial charge in [-0.25, -0.2) is 4.39 Å². The number of rotatable bonds is 10. The maximum Gasteiger partial charge on any atom is 0.220 e. The molecule has 2 N–H and O–H groups in total. The zero-order valence-electron chi connectivity index (χ0n) is 12.0. The summed E-state index contributed by atoms with van der Waals surface area (Å²) < 4.78 is 18.1. The van der Waals surface area contributed by atoms with Crippen molar-refractivity contribution in [3.8, 4) is 5.75 Å². The number of ether oxygens (including phenoxy) is 1. The molecule has 0 spiro atoms. The van der Waals surface area contributed by atoms with Crippen molar-refractivity contribution in [3.63, 3.8) is 0 Å². The van der Waals surface area contributed by atoms with Crippen molar-refractivity contribution >= 4 is 5.91 Å². The van der Waals surface area contributed by atoms with E-state index in [0.29, 0.717) is 31.7 Å². The summed E-state index contributed by atoms with van der Waals surface area (Å²) in [5.74, 6) is 0.370. The van der Waals surface area contributed by atoms with Crippen molar-refractivity contribution in [3.05, 3.63) is 30.1 Å². The molecule has 20 heavy (non-hydrogen) atoms. The third-order valence-corrected chi connectivity index (χ3v) is 2.68. The van der Waals surface area contributed by atoms with Gasteiger partial charge in [-0.15, -0.1) is 0 Å². The van der Waals surface area contributed by atoms with Gasteiger partial charge in [-0.3, -0.25) is 4.79 Å². The third-order valence-electron chi connectivity index (χ3n) is 2.68. The summed E-state index contributed by atoms with van der Waals surface area (Å²) >= 11 is 0. The monoisotopic (exact) mass is 282 g/mol. The molecule has 4 nitrogen and oxygen atoms in total. The number of hydrogen-bond donors (Lipinski definition) is 2. The Balaban J connectivity index is 2.00. The van der Waals surface area contributed by atoms with E-state index < -0.39 is 0 Å². The van der Waals surface area contributed by atoms with E-state index in [-0.39, 0.29) is 11.7 Å². The average molecular weight is 282 g/mol. The molecule has 0 aliphatic rings. The lowest BCUT2D eigenvalue weighted by atomic mass is 10.3. The van der Waals surface area contributed by atoms with Gasteiger partial charge in [0.15, 0.2) is 0 Å². The number of hydrogen-bond acceptors (Lipinski definition) is 3. The van der Waals surface area contributed by atoms with E-state index in [2.05, 4.69) is 17.6 Å². The average Bonchev–Trinajstić information content (AvgIpc) is 2.45. The number of benzene rings is 1. The summed E-state index contributed by atoms with van der Waals surface area (Å²) in [5.41, 5.74) is 0. The highest BCUT2D eigenvalue weighted by molar-refractivity contribution is 5.75. The van der Waals surface area contributed by atoms with Crippen LogP contribution in [-0.2, 0) is 4.79 Å². The van der Waals surface area contributed by atoms with E-state index in [1.165, 1.54) is 12.1 Å². The molecular formula is C15H23FN2O2. The summed E-state index contributed by atoms with van der Waals surface area (Å²) in [6.45, 7) is 4.98. The quantitative estimate of drug-likeness (QED) is 0.646. The molecule has 1 rings (SSSR count). The third kappa shape index (κ3) is 7.74. The lowest BCUT2D eigenvalue weighted by molar-refractivity contribution is -0.121. The highest BCUT2D eigenvalue weighted by Gasteiger charge is 2.01. The van der Waals surface area contributed by atoms with Crippen LogP contribution in [0.1, 0.15) is 26.2 Å². The second kappa shape index (κ2) is 10.2. The van der Waals surface area contributed by atoms with E-state index in [0.717, 1.165) is 19.5 Å². The Hall–Kier alpha value is -1.62. The minimum Gasteiger partial charge on any atom is -0.494 e. The van der Waals surface area contributed by atoms with Gasteiger partial charge in [-0.05, 0) is 43.7 Å². The second-order valence-electron chi connectivity index (χ2n) is 4.51. The summed E-state index contributed by atoms with van der Waals surface area (Å²) in [4.78, 5) is 11.5. The molecule has 0 saturated carbocycles. The molecule has 0 radical (unpaired) electrons. The zero-order chi connectivity index (χ0) is 14.6. The van der Waals surface area contributed by atoms with Crippen LogP contribution in [0.15, 0.2) is 24.3 Å². The second-order valence-corrected chi connectivity index (χ2v) is 4.51. The Morgan fingerprint density at radius 2 is 1.95 bits per heavy atom. The SMILES string of the molecule is CCCNCCNC(=O)CCCOc1ccc(F)cc1. The van der Waals surface area contributed by atoms with Crippen molar-refractivity contribution in [1.82, 2.24) is 10.6 Å². The normalized spacial score (nSPS) is 10.3. The minimum absolute atomic E-state index is 0.0333. The van der Waals surface area contributed by atoms with Crippen LogP contribution in [0.2, 0.25) is 0 Å². The Morgan fingerprint density at radius 3 is 2.65 bits per heavy atom. The summed E-state index contributed by atoms with van der Waals surface area (Å²) in [5, 5.41) is 6.05. The maximum absolute atomic E-state index is 12.7. The number of halogens is 1. The molecule has 0 saturated heterocycles. The highest BCUT2D eigenvalue weighted by atomic mass is 19.1. The molecule has 0 aliphatic carbocycles. The van der Waals surface area contributed by atoms with Gasteiger partial charge >= 0.3 is 0 Å². The van der Waals surface area contributed by atoms with E-state index in [1.807, 2.05) is 0 Å². The fourth-order valence-electron chi connectivity index (χ4n) is 1.63. The van der Waals surface area contributed by atoms with Gasteiger partial charge in [0.1, 0.15) is 11.6 Å². The molecule has 0 aromatic heterocycles. The molecule has 0 heterocycles. The molecule has 0 aliphatic heterocycles. The van der Waals surface area contributed by atoms with Crippen LogP contribution in [0, 0.1) is 5.82 Å². The van der Waals surface area contributed by atoms with E-state index in [9.17, 15) is 9.18 Å². The summed E-state index contributed by atoms with van der Waals surface area (Å²) in [7, 11) is 0. The van der Waals surface area contributed by atoms with Crippen molar-refractivity contribution in [2.75, 3.05) is 26.2 Å². The highest BCUT2D eigenvalue weighted by Crippen LogP contribution is 2.11. The standard InChI is InChI=1S/C15H23FN2O2/c1-2-9-17-10-11-18-15(19)4-3-12-20-14-7-5-13(16)6-8-14/h5-8,17H,2-4,9-12H2,1H3,(H,18,19). The van der Waals surface area contributed by atoms with Gasteiger partial charge in [0, 0.05) is 19.5 Å². The van der Waals surface area contributed by atoms with Gasteiger partial charge in [0.2, 0.25) is 5.91 Å². The van der Waals surface area contributed by atoms with Gasteiger partial charge in [0.05, 0.1) is 6.61 Å². The molecule has 1 amide bonds. The first kappa shape index (κ1) is 16.4. The minimum atomic E-state index is -0.284. The number of nitrogens with one attached hydrogen (secondary N) is 2. The van der Waals surface area contributed by atoms with Crippen LogP contribution in [0.4, 0.5) is 4.39 Å². The first-order valence-corrected chi connectivity index (χ1v) is 7.08. The molecule has 0 fully saturated rings. The van der Waals surface area contributed by atoms with Crippen molar-refractivity contribution < 1.29 is 13.9 Å². The summed E-state index contributed by atoms with van der Waals surface area (Å²) in [6, 6.07) is 5.86. The van der Waals surface area contributed by atoms with Crippen LogP contribution in [0.3, 0.4) is 0 Å². The Bertz CT molecular complexity index is 382. The lowest BCUT2D eigenvalue weighted by Crippen LogP contribution is -2.32. The zero-order valence-corrected chi connectivity index (χ0v) is 12.0.